The number of hydrogen-bond donors (Lipinski definition) is 2. The van der Waals surface area contributed by atoms with Crippen molar-refractivity contribution in [3.63, 3.8) is 0 Å². The quantitative estimate of drug-likeness (QED) is 0.479. The van der Waals surface area contributed by atoms with Gasteiger partial charge in [0.05, 0.1) is 25.4 Å². The third kappa shape index (κ3) is 14.4. The van der Waals surface area contributed by atoms with Crippen LogP contribution in [0.4, 0.5) is 0 Å². The van der Waals surface area contributed by atoms with Crippen LogP contribution in [0.25, 0.3) is 0 Å². The Morgan fingerprint density at radius 1 is 1.16 bits per heavy atom. The molecule has 0 saturated heterocycles. The van der Waals surface area contributed by atoms with Crippen molar-refractivity contribution in [1.29, 1.82) is 0 Å². The molecule has 2 unspecified atom stereocenters. The van der Waals surface area contributed by atoms with Crippen LogP contribution in [0.5, 0.6) is 0 Å². The molecule has 0 saturated carbocycles. The maximum absolute atomic E-state index is 9.71. The fraction of sp³-hybridized carbons (Fsp3) is 1.00. The highest BCUT2D eigenvalue weighted by Crippen LogP contribution is 2.03. The van der Waals surface area contributed by atoms with Crippen LogP contribution in [-0.2, 0) is 9.47 Å². The molecule has 2 atom stereocenters. The first kappa shape index (κ1) is 19.2. The molecule has 116 valence electrons. The van der Waals surface area contributed by atoms with Crippen molar-refractivity contribution in [2.24, 2.45) is 0 Å². The molecule has 0 aromatic rings. The van der Waals surface area contributed by atoms with Crippen molar-refractivity contribution >= 4 is 11.8 Å². The fourth-order valence-corrected chi connectivity index (χ4v) is 2.23. The number of thioether (sulfide) groups is 1. The van der Waals surface area contributed by atoms with E-state index < -0.39 is 6.10 Å². The standard InChI is InChI=1S/C14H31NO3S/c1-13(11-17-2)18-12-14(16)10-15-8-6-4-5-7-9-19-3/h13-16H,4-12H2,1-3H3. The molecule has 0 aromatic carbocycles. The Bertz CT molecular complexity index is 184. The van der Waals surface area contributed by atoms with E-state index in [0.29, 0.717) is 19.8 Å². The SMILES string of the molecule is COCC(C)OCC(O)CNCCCCCCSC. The van der Waals surface area contributed by atoms with Crippen LogP contribution in [0, 0.1) is 0 Å². The van der Waals surface area contributed by atoms with Gasteiger partial charge in [0, 0.05) is 13.7 Å². The van der Waals surface area contributed by atoms with Crippen LogP contribution >= 0.6 is 11.8 Å². The number of hydrogen-bond acceptors (Lipinski definition) is 5. The highest BCUT2D eigenvalue weighted by atomic mass is 32.2. The Labute approximate surface area is 122 Å². The van der Waals surface area contributed by atoms with Gasteiger partial charge in [0.25, 0.3) is 0 Å². The van der Waals surface area contributed by atoms with Gasteiger partial charge in [0.1, 0.15) is 0 Å². The molecular formula is C14H31NO3S. The van der Waals surface area contributed by atoms with Gasteiger partial charge in [-0.1, -0.05) is 12.8 Å². The first-order valence-corrected chi connectivity index (χ1v) is 8.58. The molecular weight excluding hydrogens is 262 g/mol. The van der Waals surface area contributed by atoms with Gasteiger partial charge in [-0.2, -0.15) is 11.8 Å². The molecule has 0 aliphatic carbocycles. The van der Waals surface area contributed by atoms with Crippen molar-refractivity contribution in [3.8, 4) is 0 Å². The fourth-order valence-electron chi connectivity index (χ4n) is 1.74. The smallest absolute Gasteiger partial charge is 0.0897 e. The zero-order valence-electron chi connectivity index (χ0n) is 12.7. The van der Waals surface area contributed by atoms with Crippen LogP contribution in [0.2, 0.25) is 0 Å². The third-order valence-electron chi connectivity index (χ3n) is 2.81. The molecule has 0 spiro atoms. The average molecular weight is 293 g/mol. The lowest BCUT2D eigenvalue weighted by atomic mass is 10.2. The molecule has 0 aromatic heterocycles. The van der Waals surface area contributed by atoms with E-state index in [-0.39, 0.29) is 6.10 Å². The minimum absolute atomic E-state index is 0.0380. The Balaban J connectivity index is 3.22. The summed E-state index contributed by atoms with van der Waals surface area (Å²) in [6, 6.07) is 0. The molecule has 2 N–H and O–H groups in total. The molecule has 5 heteroatoms. The first-order valence-electron chi connectivity index (χ1n) is 7.19. The van der Waals surface area contributed by atoms with Crippen LogP contribution in [0.15, 0.2) is 0 Å². The molecule has 0 heterocycles. The summed E-state index contributed by atoms with van der Waals surface area (Å²) in [6.07, 6.45) is 6.83. The lowest BCUT2D eigenvalue weighted by Gasteiger charge is -2.16. The van der Waals surface area contributed by atoms with E-state index in [0.717, 1.165) is 6.54 Å². The highest BCUT2D eigenvalue weighted by Gasteiger charge is 2.07. The van der Waals surface area contributed by atoms with Gasteiger partial charge in [0.2, 0.25) is 0 Å². The van der Waals surface area contributed by atoms with Crippen LogP contribution in [0.3, 0.4) is 0 Å². The van der Waals surface area contributed by atoms with Crippen molar-refractivity contribution in [3.05, 3.63) is 0 Å². The number of methoxy groups -OCH3 is 1. The third-order valence-corrected chi connectivity index (χ3v) is 3.50. The summed E-state index contributed by atoms with van der Waals surface area (Å²) in [5.74, 6) is 1.27. The first-order chi connectivity index (χ1) is 9.20. The van der Waals surface area contributed by atoms with Crippen molar-refractivity contribution < 1.29 is 14.6 Å². The summed E-state index contributed by atoms with van der Waals surface area (Å²) in [4.78, 5) is 0. The van der Waals surface area contributed by atoms with Crippen molar-refractivity contribution in [2.75, 3.05) is 45.4 Å². The van der Waals surface area contributed by atoms with E-state index >= 15 is 0 Å². The number of aliphatic hydroxyl groups is 1. The number of aliphatic hydroxyl groups excluding tert-OH is 1. The lowest BCUT2D eigenvalue weighted by molar-refractivity contribution is -0.0310. The molecule has 0 aliphatic heterocycles. The molecule has 0 aliphatic rings. The van der Waals surface area contributed by atoms with Gasteiger partial charge in [-0.05, 0) is 38.3 Å². The Morgan fingerprint density at radius 3 is 2.58 bits per heavy atom. The number of nitrogens with one attached hydrogen (secondary N) is 1. The zero-order chi connectivity index (χ0) is 14.3. The predicted molar refractivity (Wildman–Crippen MR) is 83.0 cm³/mol. The molecule has 19 heavy (non-hydrogen) atoms. The zero-order valence-corrected chi connectivity index (χ0v) is 13.5. The molecule has 4 nitrogen and oxygen atoms in total. The summed E-state index contributed by atoms with van der Waals surface area (Å²) in [5, 5.41) is 13.0. The van der Waals surface area contributed by atoms with E-state index in [4.69, 9.17) is 9.47 Å². The van der Waals surface area contributed by atoms with Crippen LogP contribution in [-0.4, -0.2) is 62.7 Å². The van der Waals surface area contributed by atoms with Crippen LogP contribution < -0.4 is 5.32 Å². The molecule has 0 rings (SSSR count). The summed E-state index contributed by atoms with van der Waals surface area (Å²) in [5.41, 5.74) is 0. The van der Waals surface area contributed by atoms with Crippen LogP contribution in [0.1, 0.15) is 32.6 Å². The minimum Gasteiger partial charge on any atom is -0.389 e. The summed E-state index contributed by atoms with van der Waals surface area (Å²) in [7, 11) is 1.65. The normalized spacial score (nSPS) is 14.5. The molecule has 0 amide bonds. The second-order valence-corrected chi connectivity index (χ2v) is 5.85. The van der Waals surface area contributed by atoms with Gasteiger partial charge in [0.15, 0.2) is 0 Å². The summed E-state index contributed by atoms with van der Waals surface area (Å²) < 4.78 is 10.4. The second kappa shape index (κ2) is 14.6. The molecule has 0 fully saturated rings. The topological polar surface area (TPSA) is 50.7 Å². The molecule has 0 radical (unpaired) electrons. The average Bonchev–Trinajstić information content (AvgIpc) is 2.40. The van der Waals surface area contributed by atoms with E-state index in [2.05, 4.69) is 11.6 Å². The Hall–Kier alpha value is 0.190. The largest absolute Gasteiger partial charge is 0.389 e. The van der Waals surface area contributed by atoms with E-state index in [1.807, 2.05) is 18.7 Å². The van der Waals surface area contributed by atoms with Crippen molar-refractivity contribution in [2.45, 2.75) is 44.8 Å². The van der Waals surface area contributed by atoms with Gasteiger partial charge >= 0.3 is 0 Å². The number of ether oxygens (including phenoxy) is 2. The lowest BCUT2D eigenvalue weighted by Crippen LogP contribution is -2.32. The Kier molecular flexibility index (Phi) is 14.7. The number of unbranched alkanes of at least 4 members (excludes halogenated alkanes) is 3. The van der Waals surface area contributed by atoms with Gasteiger partial charge in [-0.25, -0.2) is 0 Å². The Morgan fingerprint density at radius 2 is 1.89 bits per heavy atom. The van der Waals surface area contributed by atoms with Crippen molar-refractivity contribution in [1.82, 2.24) is 5.32 Å². The predicted octanol–water partition coefficient (Wildman–Crippen LogP) is 1.91. The second-order valence-electron chi connectivity index (χ2n) is 4.86. The summed E-state index contributed by atoms with van der Waals surface area (Å²) >= 11 is 1.91. The summed E-state index contributed by atoms with van der Waals surface area (Å²) in [6.45, 7) is 4.45. The number of rotatable bonds is 14. The maximum Gasteiger partial charge on any atom is 0.0897 e. The monoisotopic (exact) mass is 293 g/mol. The van der Waals surface area contributed by atoms with Gasteiger partial charge in [-0.15, -0.1) is 0 Å². The van der Waals surface area contributed by atoms with E-state index in [1.54, 1.807) is 7.11 Å². The van der Waals surface area contributed by atoms with E-state index in [9.17, 15) is 5.11 Å². The highest BCUT2D eigenvalue weighted by molar-refractivity contribution is 7.98. The minimum atomic E-state index is -0.434. The van der Waals surface area contributed by atoms with E-state index in [1.165, 1.54) is 31.4 Å². The van der Waals surface area contributed by atoms with Gasteiger partial charge < -0.3 is 19.9 Å². The molecule has 0 bridgehead atoms. The van der Waals surface area contributed by atoms with Gasteiger partial charge in [-0.3, -0.25) is 0 Å². The maximum atomic E-state index is 9.71.